The van der Waals surface area contributed by atoms with E-state index in [9.17, 15) is 4.39 Å². The molecule has 0 bridgehead atoms. The summed E-state index contributed by atoms with van der Waals surface area (Å²) < 4.78 is 21.0. The summed E-state index contributed by atoms with van der Waals surface area (Å²) in [6.07, 6.45) is 0. The molecule has 0 amide bonds. The number of aryl methyl sites for hydroxylation is 1. The third-order valence-electron chi connectivity index (χ3n) is 1.24. The molecule has 0 aliphatic carbocycles. The maximum absolute atomic E-state index is 12.4. The highest BCUT2D eigenvalue weighted by molar-refractivity contribution is 7.93. The van der Waals surface area contributed by atoms with Gasteiger partial charge in [0, 0.05) is 16.9 Å². The number of hydrogen-bond donors (Lipinski definition) is 1. The Hall–Kier alpha value is -0.540. The van der Waals surface area contributed by atoms with Crippen molar-refractivity contribution in [2.24, 2.45) is 0 Å². The highest BCUT2D eigenvalue weighted by Gasteiger charge is 1.97. The normalized spacial score (nSPS) is 9.90. The summed E-state index contributed by atoms with van der Waals surface area (Å²) in [5.74, 6) is -0.268. The van der Waals surface area contributed by atoms with Crippen LogP contribution in [0.2, 0.25) is 0 Å². The van der Waals surface area contributed by atoms with E-state index in [1.165, 1.54) is 12.1 Å². The predicted octanol–water partition coefficient (Wildman–Crippen LogP) is 2.70. The molecule has 0 saturated carbocycles. The van der Waals surface area contributed by atoms with Crippen LogP contribution < -0.4 is 0 Å². The van der Waals surface area contributed by atoms with E-state index in [1.54, 1.807) is 13.0 Å². The first kappa shape index (κ1) is 7.57. The summed E-state index contributed by atoms with van der Waals surface area (Å²) in [6, 6.07) is 4.26. The fraction of sp³-hybridized carbons (Fsp3) is 0.143. The molecule has 0 atom stereocenters. The van der Waals surface area contributed by atoms with Crippen LogP contribution in [0.1, 0.15) is 5.56 Å². The lowest BCUT2D eigenvalue weighted by atomic mass is 10.2. The van der Waals surface area contributed by atoms with Gasteiger partial charge in [-0.05, 0) is 30.7 Å². The molecule has 1 aromatic carbocycles. The van der Waals surface area contributed by atoms with E-state index in [4.69, 9.17) is 4.55 Å². The molecule has 54 valence electrons. The first-order valence-electron chi connectivity index (χ1n) is 2.81. The van der Waals surface area contributed by atoms with Gasteiger partial charge >= 0.3 is 0 Å². The molecule has 10 heavy (non-hydrogen) atoms. The van der Waals surface area contributed by atoms with Crippen LogP contribution in [0.15, 0.2) is 23.1 Å². The molecule has 1 nitrogen and oxygen atoms in total. The Bertz CT molecular complexity index is 237. The van der Waals surface area contributed by atoms with Crippen molar-refractivity contribution in [1.29, 1.82) is 0 Å². The van der Waals surface area contributed by atoms with Crippen molar-refractivity contribution < 1.29 is 8.94 Å². The zero-order chi connectivity index (χ0) is 7.56. The molecule has 0 aliphatic rings. The second-order valence-electron chi connectivity index (χ2n) is 2.00. The van der Waals surface area contributed by atoms with Crippen LogP contribution in [0, 0.1) is 12.7 Å². The van der Waals surface area contributed by atoms with E-state index < -0.39 is 0 Å². The fourth-order valence-electron chi connectivity index (χ4n) is 0.715. The smallest absolute Gasteiger partial charge is 0.123 e. The van der Waals surface area contributed by atoms with Crippen LogP contribution in [0.4, 0.5) is 4.39 Å². The monoisotopic (exact) mass is 158 g/mol. The summed E-state index contributed by atoms with van der Waals surface area (Å²) in [4.78, 5) is 0.696. The Morgan fingerprint density at radius 1 is 1.50 bits per heavy atom. The number of benzene rings is 1. The minimum absolute atomic E-state index is 0.268. The Balaban J connectivity index is 3.07. The summed E-state index contributed by atoms with van der Waals surface area (Å²) in [5.41, 5.74) is 0.757. The average molecular weight is 158 g/mol. The third-order valence-corrected chi connectivity index (χ3v) is 1.89. The minimum atomic E-state index is -0.268. The quantitative estimate of drug-likeness (QED) is 0.634. The van der Waals surface area contributed by atoms with E-state index in [-0.39, 0.29) is 5.82 Å². The van der Waals surface area contributed by atoms with E-state index >= 15 is 0 Å². The van der Waals surface area contributed by atoms with Crippen LogP contribution >= 0.6 is 12.0 Å². The molecule has 0 fully saturated rings. The number of halogens is 1. The summed E-state index contributed by atoms with van der Waals surface area (Å²) in [6.45, 7) is 1.75. The van der Waals surface area contributed by atoms with Crippen molar-refractivity contribution in [3.8, 4) is 0 Å². The fourth-order valence-corrected chi connectivity index (χ4v) is 1.05. The van der Waals surface area contributed by atoms with Crippen molar-refractivity contribution in [3.63, 3.8) is 0 Å². The van der Waals surface area contributed by atoms with Gasteiger partial charge in [0.05, 0.1) is 0 Å². The maximum atomic E-state index is 12.4. The van der Waals surface area contributed by atoms with Gasteiger partial charge in [-0.25, -0.2) is 4.39 Å². The molecule has 0 aromatic heterocycles. The van der Waals surface area contributed by atoms with Gasteiger partial charge in [0.1, 0.15) is 5.82 Å². The standard InChI is InChI=1S/C7H7FOS/c1-5-4-6(8)2-3-7(5)10-9/h2-4,9H,1H3. The van der Waals surface area contributed by atoms with E-state index in [0.717, 1.165) is 5.56 Å². The van der Waals surface area contributed by atoms with Gasteiger partial charge < -0.3 is 4.55 Å². The molecule has 1 N–H and O–H groups in total. The van der Waals surface area contributed by atoms with Crippen LogP contribution in [-0.4, -0.2) is 4.55 Å². The number of rotatable bonds is 1. The second-order valence-corrected chi connectivity index (χ2v) is 2.62. The van der Waals surface area contributed by atoms with Crippen LogP contribution in [-0.2, 0) is 0 Å². The van der Waals surface area contributed by atoms with Crippen LogP contribution in [0.25, 0.3) is 0 Å². The van der Waals surface area contributed by atoms with Gasteiger partial charge in [-0.3, -0.25) is 0 Å². The minimum Gasteiger partial charge on any atom is -0.325 e. The Morgan fingerprint density at radius 2 is 2.20 bits per heavy atom. The maximum Gasteiger partial charge on any atom is 0.123 e. The van der Waals surface area contributed by atoms with Crippen molar-refractivity contribution in [2.75, 3.05) is 0 Å². The number of hydrogen-bond acceptors (Lipinski definition) is 2. The van der Waals surface area contributed by atoms with Crippen LogP contribution in [0.5, 0.6) is 0 Å². The highest BCUT2D eigenvalue weighted by Crippen LogP contribution is 2.19. The van der Waals surface area contributed by atoms with E-state index in [1.807, 2.05) is 0 Å². The van der Waals surface area contributed by atoms with Crippen molar-refractivity contribution in [3.05, 3.63) is 29.6 Å². The van der Waals surface area contributed by atoms with Gasteiger partial charge in [0.15, 0.2) is 0 Å². The second kappa shape index (κ2) is 3.03. The molecule has 1 aromatic rings. The van der Waals surface area contributed by atoms with Crippen molar-refractivity contribution >= 4 is 12.0 Å². The summed E-state index contributed by atoms with van der Waals surface area (Å²) in [5, 5.41) is 0. The van der Waals surface area contributed by atoms with Gasteiger partial charge in [0.25, 0.3) is 0 Å². The largest absolute Gasteiger partial charge is 0.325 e. The molecule has 0 aliphatic heterocycles. The molecule has 0 saturated heterocycles. The summed E-state index contributed by atoms with van der Waals surface area (Å²) in [7, 11) is 0. The molecule has 0 heterocycles. The van der Waals surface area contributed by atoms with Gasteiger partial charge in [0.2, 0.25) is 0 Å². The molecule has 1 rings (SSSR count). The third kappa shape index (κ3) is 1.49. The zero-order valence-corrected chi connectivity index (χ0v) is 6.28. The van der Waals surface area contributed by atoms with Gasteiger partial charge in [-0.15, -0.1) is 0 Å². The van der Waals surface area contributed by atoms with Gasteiger partial charge in [-0.1, -0.05) is 0 Å². The average Bonchev–Trinajstić information content (AvgIpc) is 1.88. The lowest BCUT2D eigenvalue weighted by Gasteiger charge is -1.98. The molecular formula is C7H7FOS. The van der Waals surface area contributed by atoms with Crippen molar-refractivity contribution in [1.82, 2.24) is 0 Å². The first-order chi connectivity index (χ1) is 4.74. The molecule has 0 unspecified atom stereocenters. The zero-order valence-electron chi connectivity index (χ0n) is 5.47. The first-order valence-corrected chi connectivity index (χ1v) is 3.59. The predicted molar refractivity (Wildman–Crippen MR) is 39.6 cm³/mol. The molecule has 3 heteroatoms. The SMILES string of the molecule is Cc1cc(F)ccc1SO. The summed E-state index contributed by atoms with van der Waals surface area (Å²) >= 11 is 0.637. The molecule has 0 spiro atoms. The Kier molecular flexibility index (Phi) is 2.29. The lowest BCUT2D eigenvalue weighted by molar-refractivity contribution is 0.624. The van der Waals surface area contributed by atoms with Crippen LogP contribution in [0.3, 0.4) is 0 Å². The molecule has 0 radical (unpaired) electrons. The highest BCUT2D eigenvalue weighted by atomic mass is 32.2. The lowest BCUT2D eigenvalue weighted by Crippen LogP contribution is -1.80. The molecular weight excluding hydrogens is 151 g/mol. The van der Waals surface area contributed by atoms with Crippen molar-refractivity contribution in [2.45, 2.75) is 11.8 Å². The van der Waals surface area contributed by atoms with E-state index in [0.29, 0.717) is 16.9 Å². The van der Waals surface area contributed by atoms with Gasteiger partial charge in [-0.2, -0.15) is 0 Å². The van der Waals surface area contributed by atoms with E-state index in [2.05, 4.69) is 0 Å². The topological polar surface area (TPSA) is 20.2 Å². The Morgan fingerprint density at radius 3 is 2.70 bits per heavy atom. The Labute approximate surface area is 63.1 Å².